The number of hydrogen-bond acceptors (Lipinski definition) is 7. The highest BCUT2D eigenvalue weighted by Crippen LogP contribution is 2.39. The quantitative estimate of drug-likeness (QED) is 0.348. The Bertz CT molecular complexity index is 761. The predicted molar refractivity (Wildman–Crippen MR) is 101 cm³/mol. The van der Waals surface area contributed by atoms with E-state index in [1.54, 1.807) is 6.92 Å². The van der Waals surface area contributed by atoms with E-state index in [0.29, 0.717) is 15.8 Å². The lowest BCUT2D eigenvalue weighted by Crippen LogP contribution is -2.31. The summed E-state index contributed by atoms with van der Waals surface area (Å²) in [6.07, 6.45) is 1.41. The highest BCUT2D eigenvalue weighted by molar-refractivity contribution is 8.26. The first-order valence-electron chi connectivity index (χ1n) is 7.64. The molecule has 1 aromatic rings. The van der Waals surface area contributed by atoms with Gasteiger partial charge in [-0.15, -0.1) is 0 Å². The number of rotatable bonds is 6. The Morgan fingerprint density at radius 1 is 1.48 bits per heavy atom. The van der Waals surface area contributed by atoms with Gasteiger partial charge in [0.25, 0.3) is 11.6 Å². The molecule has 0 bridgehead atoms. The van der Waals surface area contributed by atoms with Crippen LogP contribution in [0.25, 0.3) is 6.08 Å². The van der Waals surface area contributed by atoms with Gasteiger partial charge in [-0.25, -0.2) is 0 Å². The minimum Gasteiger partial charge on any atom is -0.504 e. The number of nitro groups is 1. The number of thiocarbonyl (C=S) groups is 1. The molecule has 0 aromatic heterocycles. The molecule has 1 heterocycles. The molecule has 1 aromatic carbocycles. The van der Waals surface area contributed by atoms with Gasteiger partial charge >= 0.3 is 0 Å². The summed E-state index contributed by atoms with van der Waals surface area (Å²) >= 11 is 6.34. The first-order valence-corrected chi connectivity index (χ1v) is 8.86. The highest BCUT2D eigenvalue weighted by Gasteiger charge is 2.32. The maximum absolute atomic E-state index is 12.5. The van der Waals surface area contributed by atoms with Gasteiger partial charge in [-0.3, -0.25) is 19.8 Å². The predicted octanol–water partition coefficient (Wildman–Crippen LogP) is 3.56. The Morgan fingerprint density at radius 3 is 2.72 bits per heavy atom. The van der Waals surface area contributed by atoms with E-state index < -0.39 is 4.92 Å². The fraction of sp³-hybridized carbons (Fsp3) is 0.375. The molecule has 1 N–H and O–H groups in total. The van der Waals surface area contributed by atoms with Crippen LogP contribution in [0.15, 0.2) is 17.0 Å². The zero-order chi connectivity index (χ0) is 18.7. The molecule has 1 saturated heterocycles. The zero-order valence-electron chi connectivity index (χ0n) is 14.0. The lowest BCUT2D eigenvalue weighted by atomic mass is 10.1. The van der Waals surface area contributed by atoms with Crippen molar-refractivity contribution in [2.45, 2.75) is 20.8 Å². The standard InChI is InChI=1S/C16H18N2O5S2/c1-4-23-12-7-11(18(21)22)5-10(14(12)19)6-13-15(20)17(8-9(2)3)16(24)25-13/h5-7,9,19H,4,8H2,1-3H3. The zero-order valence-corrected chi connectivity index (χ0v) is 15.6. The van der Waals surface area contributed by atoms with E-state index in [1.165, 1.54) is 17.0 Å². The molecule has 0 saturated carbocycles. The molecular weight excluding hydrogens is 364 g/mol. The van der Waals surface area contributed by atoms with Crippen LogP contribution in [-0.2, 0) is 4.79 Å². The van der Waals surface area contributed by atoms with Crippen LogP contribution in [0.3, 0.4) is 0 Å². The number of ether oxygens (including phenoxy) is 1. The van der Waals surface area contributed by atoms with Crippen molar-refractivity contribution in [1.29, 1.82) is 0 Å². The molecule has 1 aliphatic rings. The van der Waals surface area contributed by atoms with E-state index >= 15 is 0 Å². The van der Waals surface area contributed by atoms with Gasteiger partial charge in [0.2, 0.25) is 0 Å². The van der Waals surface area contributed by atoms with Gasteiger partial charge in [0.1, 0.15) is 4.32 Å². The number of aromatic hydroxyl groups is 1. The summed E-state index contributed by atoms with van der Waals surface area (Å²) in [5.41, 5.74) is -0.0899. The number of phenolic OH excluding ortho intramolecular Hbond substituents is 1. The van der Waals surface area contributed by atoms with Crippen molar-refractivity contribution in [3.05, 3.63) is 32.7 Å². The summed E-state index contributed by atoms with van der Waals surface area (Å²) < 4.78 is 5.67. The molecule has 9 heteroatoms. The highest BCUT2D eigenvalue weighted by atomic mass is 32.2. The minimum atomic E-state index is -0.580. The molecule has 0 radical (unpaired) electrons. The van der Waals surface area contributed by atoms with Crippen LogP contribution < -0.4 is 4.74 Å². The maximum Gasteiger partial charge on any atom is 0.274 e. The van der Waals surface area contributed by atoms with E-state index in [4.69, 9.17) is 17.0 Å². The molecule has 0 spiro atoms. The Hall–Kier alpha value is -2.13. The monoisotopic (exact) mass is 382 g/mol. The number of carbonyl (C=O) groups is 1. The van der Waals surface area contributed by atoms with E-state index in [2.05, 4.69) is 0 Å². The molecule has 0 aliphatic carbocycles. The van der Waals surface area contributed by atoms with Crippen molar-refractivity contribution in [1.82, 2.24) is 4.90 Å². The number of thioether (sulfide) groups is 1. The second-order valence-electron chi connectivity index (χ2n) is 5.76. The first-order chi connectivity index (χ1) is 11.7. The number of amides is 1. The number of nitro benzene ring substituents is 1. The van der Waals surface area contributed by atoms with Crippen LogP contribution in [0.4, 0.5) is 5.69 Å². The molecule has 2 rings (SSSR count). The van der Waals surface area contributed by atoms with Crippen LogP contribution >= 0.6 is 24.0 Å². The number of nitrogens with zero attached hydrogens (tertiary/aromatic N) is 2. The largest absolute Gasteiger partial charge is 0.504 e. The van der Waals surface area contributed by atoms with Crippen LogP contribution in [0.1, 0.15) is 26.3 Å². The van der Waals surface area contributed by atoms with Crippen molar-refractivity contribution in [3.8, 4) is 11.5 Å². The van der Waals surface area contributed by atoms with E-state index in [1.807, 2.05) is 13.8 Å². The lowest BCUT2D eigenvalue weighted by molar-refractivity contribution is -0.385. The van der Waals surface area contributed by atoms with Gasteiger partial charge < -0.3 is 9.84 Å². The van der Waals surface area contributed by atoms with E-state index in [-0.39, 0.29) is 41.2 Å². The topological polar surface area (TPSA) is 92.9 Å². The van der Waals surface area contributed by atoms with Crippen molar-refractivity contribution in [3.63, 3.8) is 0 Å². The summed E-state index contributed by atoms with van der Waals surface area (Å²) in [6, 6.07) is 2.35. The van der Waals surface area contributed by atoms with Gasteiger partial charge in [0.15, 0.2) is 11.5 Å². The first kappa shape index (κ1) is 19.2. The average Bonchev–Trinajstić information content (AvgIpc) is 2.78. The SMILES string of the molecule is CCOc1cc([N+](=O)[O-])cc(C=C2SC(=S)N(CC(C)C)C2=O)c1O. The average molecular weight is 382 g/mol. The number of hydrogen-bond donors (Lipinski definition) is 1. The van der Waals surface area contributed by atoms with Gasteiger partial charge in [0, 0.05) is 18.2 Å². The third kappa shape index (κ3) is 4.29. The number of benzene rings is 1. The van der Waals surface area contributed by atoms with E-state index in [9.17, 15) is 20.0 Å². The van der Waals surface area contributed by atoms with Crippen molar-refractivity contribution in [2.75, 3.05) is 13.2 Å². The molecule has 25 heavy (non-hydrogen) atoms. The molecule has 1 fully saturated rings. The number of carbonyl (C=O) groups excluding carboxylic acids is 1. The second kappa shape index (κ2) is 7.83. The Balaban J connectivity index is 2.45. The Kier molecular flexibility index (Phi) is 6.02. The van der Waals surface area contributed by atoms with Crippen LogP contribution in [-0.4, -0.2) is 38.3 Å². The van der Waals surface area contributed by atoms with Crippen LogP contribution in [0.2, 0.25) is 0 Å². The van der Waals surface area contributed by atoms with Gasteiger partial charge in [0.05, 0.1) is 22.5 Å². The number of phenols is 1. The molecule has 134 valence electrons. The Labute approximate surface area is 154 Å². The van der Waals surface area contributed by atoms with Gasteiger partial charge in [-0.05, 0) is 18.9 Å². The summed E-state index contributed by atoms with van der Waals surface area (Å²) in [5, 5.41) is 21.4. The smallest absolute Gasteiger partial charge is 0.274 e. The maximum atomic E-state index is 12.5. The molecule has 0 unspecified atom stereocenters. The molecule has 1 amide bonds. The van der Waals surface area contributed by atoms with Crippen molar-refractivity contribution < 1.29 is 19.6 Å². The molecular formula is C16H18N2O5S2. The van der Waals surface area contributed by atoms with Crippen molar-refractivity contribution in [2.24, 2.45) is 5.92 Å². The van der Waals surface area contributed by atoms with E-state index in [0.717, 1.165) is 17.8 Å². The third-order valence-corrected chi connectivity index (χ3v) is 4.69. The van der Waals surface area contributed by atoms with Gasteiger partial charge in [-0.1, -0.05) is 37.8 Å². The number of non-ortho nitro benzene ring substituents is 1. The fourth-order valence-electron chi connectivity index (χ4n) is 2.26. The second-order valence-corrected chi connectivity index (χ2v) is 7.43. The van der Waals surface area contributed by atoms with Gasteiger partial charge in [-0.2, -0.15) is 0 Å². The van der Waals surface area contributed by atoms with Crippen molar-refractivity contribution >= 4 is 46.0 Å². The van der Waals surface area contributed by atoms with Crippen LogP contribution in [0.5, 0.6) is 11.5 Å². The Morgan fingerprint density at radius 2 is 2.16 bits per heavy atom. The summed E-state index contributed by atoms with van der Waals surface area (Å²) in [4.78, 5) is 24.8. The summed E-state index contributed by atoms with van der Waals surface area (Å²) in [6.45, 7) is 6.39. The minimum absolute atomic E-state index is 0.000564. The third-order valence-electron chi connectivity index (χ3n) is 3.31. The fourth-order valence-corrected chi connectivity index (χ4v) is 3.52. The summed E-state index contributed by atoms with van der Waals surface area (Å²) in [5.74, 6) is -0.271. The molecule has 1 aliphatic heterocycles. The molecule has 0 atom stereocenters. The lowest BCUT2D eigenvalue weighted by Gasteiger charge is -2.16. The molecule has 7 nitrogen and oxygen atoms in total. The summed E-state index contributed by atoms with van der Waals surface area (Å²) in [7, 11) is 0. The van der Waals surface area contributed by atoms with Crippen LogP contribution in [0, 0.1) is 16.0 Å². The normalized spacial score (nSPS) is 16.2.